The number of hydrogen-bond acceptors (Lipinski definition) is 7. The molecule has 0 saturated carbocycles. The van der Waals surface area contributed by atoms with Crippen molar-refractivity contribution in [2.24, 2.45) is 0 Å². The highest BCUT2D eigenvalue weighted by atomic mass is 28.3. The maximum Gasteiger partial charge on any atom is 0.407 e. The van der Waals surface area contributed by atoms with E-state index in [1.807, 2.05) is 111 Å². The molecule has 3 aromatic carbocycles. The lowest BCUT2D eigenvalue weighted by Gasteiger charge is -2.36. The molecule has 3 rings (SSSR count). The third-order valence-corrected chi connectivity index (χ3v) is 9.09. The van der Waals surface area contributed by atoms with E-state index in [0.717, 1.165) is 16.7 Å². The molecule has 10 nitrogen and oxygen atoms in total. The Balaban J connectivity index is 1.83. The number of nitrogens with one attached hydrogen (secondary N) is 2. The molecule has 11 heteroatoms. The molecule has 0 saturated heterocycles. The van der Waals surface area contributed by atoms with Crippen molar-refractivity contribution >= 4 is 25.8 Å². The topological polar surface area (TPSA) is 137 Å². The van der Waals surface area contributed by atoms with Crippen molar-refractivity contribution in [3.8, 4) is 0 Å². The van der Waals surface area contributed by atoms with Gasteiger partial charge in [-0.15, -0.1) is 0 Å². The van der Waals surface area contributed by atoms with E-state index in [1.54, 1.807) is 20.8 Å². The molecule has 3 amide bonds. The predicted molar refractivity (Wildman–Crippen MR) is 189 cm³/mol. The van der Waals surface area contributed by atoms with Crippen LogP contribution in [0.15, 0.2) is 91.0 Å². The SMILES string of the molecule is CC(C)(C)OC(=O)N[C@@H](Cc1ccccc1)[C@H](O)CN(C[C@@H](O)[C@H](Cc1ccccc1)NC(=O)OCc1ccccc1)C(=O)[Si](C)(C)C. The van der Waals surface area contributed by atoms with Crippen LogP contribution < -0.4 is 10.6 Å². The second-order valence-corrected chi connectivity index (χ2v) is 19.0. The average Bonchev–Trinajstić information content (AvgIpc) is 3.02. The van der Waals surface area contributed by atoms with Gasteiger partial charge in [0.15, 0.2) is 13.6 Å². The molecule has 4 atom stereocenters. The molecule has 0 radical (unpaired) electrons. The van der Waals surface area contributed by atoms with Crippen molar-refractivity contribution in [1.82, 2.24) is 15.5 Å². The van der Waals surface area contributed by atoms with E-state index in [4.69, 9.17) is 9.47 Å². The third kappa shape index (κ3) is 13.5. The minimum Gasteiger partial charge on any atom is -0.445 e. The maximum atomic E-state index is 13.8. The zero-order valence-electron chi connectivity index (χ0n) is 28.9. The molecule has 48 heavy (non-hydrogen) atoms. The van der Waals surface area contributed by atoms with Gasteiger partial charge in [0.1, 0.15) is 12.2 Å². The van der Waals surface area contributed by atoms with Gasteiger partial charge in [0.25, 0.3) is 0 Å². The Morgan fingerprint density at radius 1 is 0.688 bits per heavy atom. The fourth-order valence-electron chi connectivity index (χ4n) is 5.10. The number of hydrogen-bond donors (Lipinski definition) is 4. The van der Waals surface area contributed by atoms with Crippen LogP contribution in [0.2, 0.25) is 19.6 Å². The molecule has 0 spiro atoms. The summed E-state index contributed by atoms with van der Waals surface area (Å²) < 4.78 is 10.9. The van der Waals surface area contributed by atoms with Crippen molar-refractivity contribution < 1.29 is 34.1 Å². The lowest BCUT2D eigenvalue weighted by molar-refractivity contribution is 0.0340. The van der Waals surface area contributed by atoms with Crippen LogP contribution in [-0.2, 0) is 28.9 Å². The number of aliphatic hydroxyl groups excluding tert-OH is 2. The number of carbonyl (C=O) groups excluding carboxylic acids is 3. The maximum absolute atomic E-state index is 13.8. The van der Waals surface area contributed by atoms with Crippen LogP contribution in [-0.4, -0.2) is 83.9 Å². The Kier molecular flexibility index (Phi) is 14.2. The van der Waals surface area contributed by atoms with Gasteiger partial charge in [-0.25, -0.2) is 9.59 Å². The quantitative estimate of drug-likeness (QED) is 0.151. The first-order chi connectivity index (χ1) is 22.6. The number of benzene rings is 3. The number of ether oxygens (including phenoxy) is 2. The van der Waals surface area contributed by atoms with Gasteiger partial charge in [-0.1, -0.05) is 111 Å². The zero-order chi connectivity index (χ0) is 35.3. The number of amides is 3. The molecule has 4 N–H and O–H groups in total. The Morgan fingerprint density at radius 2 is 1.08 bits per heavy atom. The van der Waals surface area contributed by atoms with Crippen molar-refractivity contribution in [2.45, 2.75) is 89.8 Å². The Hall–Kier alpha value is -4.19. The van der Waals surface area contributed by atoms with Crippen LogP contribution in [0.1, 0.15) is 37.5 Å². The molecule has 0 aliphatic carbocycles. The molecule has 0 fully saturated rings. The summed E-state index contributed by atoms with van der Waals surface area (Å²) in [6.07, 6.45) is -3.26. The molecule has 0 bridgehead atoms. The van der Waals surface area contributed by atoms with Crippen LogP contribution >= 0.6 is 0 Å². The lowest BCUT2D eigenvalue weighted by Crippen LogP contribution is -2.57. The van der Waals surface area contributed by atoms with Gasteiger partial charge in [0.2, 0.25) is 0 Å². The fourth-order valence-corrected chi connectivity index (χ4v) is 6.23. The monoisotopic (exact) mass is 677 g/mol. The minimum absolute atomic E-state index is 0.0563. The molecule has 0 aliphatic rings. The summed E-state index contributed by atoms with van der Waals surface area (Å²) in [4.78, 5) is 41.0. The number of aliphatic hydroxyl groups is 2. The Labute approximate surface area is 285 Å². The number of carbonyl (C=O) groups is 3. The molecule has 0 aromatic heterocycles. The van der Waals surface area contributed by atoms with E-state index in [-0.39, 0.29) is 38.1 Å². The highest BCUT2D eigenvalue weighted by molar-refractivity contribution is 7.03. The summed E-state index contributed by atoms with van der Waals surface area (Å²) in [6.45, 7) is 10.7. The van der Waals surface area contributed by atoms with Gasteiger partial charge in [-0.3, -0.25) is 4.79 Å². The van der Waals surface area contributed by atoms with Crippen molar-refractivity contribution in [3.05, 3.63) is 108 Å². The summed E-state index contributed by atoms with van der Waals surface area (Å²) in [5, 5.41) is 28.8. The molecule has 0 unspecified atom stereocenters. The van der Waals surface area contributed by atoms with Crippen molar-refractivity contribution in [3.63, 3.8) is 0 Å². The number of nitrogens with zero attached hydrogens (tertiary/aromatic N) is 1. The summed E-state index contributed by atoms with van der Waals surface area (Å²) >= 11 is 0. The molecular weight excluding hydrogens is 627 g/mol. The summed E-state index contributed by atoms with van der Waals surface area (Å²) in [7, 11) is -2.48. The van der Waals surface area contributed by atoms with E-state index >= 15 is 0 Å². The average molecular weight is 678 g/mol. The predicted octanol–water partition coefficient (Wildman–Crippen LogP) is 5.72. The second-order valence-electron chi connectivity index (χ2n) is 14.0. The molecular formula is C37H51N3O7Si. The van der Waals surface area contributed by atoms with E-state index in [1.165, 1.54) is 4.90 Å². The number of rotatable bonds is 15. The first kappa shape index (κ1) is 38.3. The largest absolute Gasteiger partial charge is 0.445 e. The second kappa shape index (κ2) is 17.8. The lowest BCUT2D eigenvalue weighted by atomic mass is 9.99. The normalized spacial score (nSPS) is 14.2. The minimum atomic E-state index is -2.48. The van der Waals surface area contributed by atoms with Gasteiger partial charge >= 0.3 is 12.2 Å². The highest BCUT2D eigenvalue weighted by Crippen LogP contribution is 2.17. The van der Waals surface area contributed by atoms with E-state index in [0.29, 0.717) is 0 Å². The Morgan fingerprint density at radius 3 is 1.48 bits per heavy atom. The molecule has 0 heterocycles. The van der Waals surface area contributed by atoms with E-state index in [2.05, 4.69) is 10.6 Å². The molecule has 3 aromatic rings. The van der Waals surface area contributed by atoms with Crippen LogP contribution in [0.25, 0.3) is 0 Å². The van der Waals surface area contributed by atoms with Gasteiger partial charge in [0, 0.05) is 13.1 Å². The highest BCUT2D eigenvalue weighted by Gasteiger charge is 2.36. The van der Waals surface area contributed by atoms with E-state index in [9.17, 15) is 24.6 Å². The van der Waals surface area contributed by atoms with Crippen LogP contribution in [0.5, 0.6) is 0 Å². The smallest absolute Gasteiger partial charge is 0.407 e. The van der Waals surface area contributed by atoms with Gasteiger partial charge in [-0.05, 0) is 50.3 Å². The van der Waals surface area contributed by atoms with Crippen molar-refractivity contribution in [1.29, 1.82) is 0 Å². The zero-order valence-corrected chi connectivity index (χ0v) is 29.9. The van der Waals surface area contributed by atoms with Gasteiger partial charge in [0.05, 0.1) is 24.3 Å². The molecule has 260 valence electrons. The fraction of sp³-hybridized carbons (Fsp3) is 0.432. The van der Waals surface area contributed by atoms with Crippen LogP contribution in [0.4, 0.5) is 14.4 Å². The third-order valence-electron chi connectivity index (χ3n) is 7.49. The van der Waals surface area contributed by atoms with Crippen molar-refractivity contribution in [2.75, 3.05) is 13.1 Å². The van der Waals surface area contributed by atoms with Crippen LogP contribution in [0, 0.1) is 0 Å². The van der Waals surface area contributed by atoms with Gasteiger partial charge in [-0.2, -0.15) is 0 Å². The standard InChI is InChI=1S/C37H51N3O7Si/c1-37(2,3)47-35(44)39-31(23-28-18-12-8-13-19-28)33(42)25-40(36(45)48(4,5)6)24-32(41)30(22-27-16-10-7-11-17-27)38-34(43)46-26-29-20-14-9-15-21-29/h7-21,30-33,41-42H,22-26H2,1-6H3,(H,38,43)(H,39,44)/t30-,31-,32+,33+/m0/s1. The first-order valence-corrected chi connectivity index (χ1v) is 19.8. The number of alkyl carbamates (subject to hydrolysis) is 2. The molecule has 0 aliphatic heterocycles. The van der Waals surface area contributed by atoms with Gasteiger partial charge < -0.3 is 35.2 Å². The van der Waals surface area contributed by atoms with Crippen LogP contribution in [0.3, 0.4) is 0 Å². The van der Waals surface area contributed by atoms with E-state index < -0.39 is 50.2 Å². The first-order valence-electron chi connectivity index (χ1n) is 16.3. The summed E-state index contributed by atoms with van der Waals surface area (Å²) in [5.74, 6) is 0. The summed E-state index contributed by atoms with van der Waals surface area (Å²) in [5.41, 5.74) is 1.64. The summed E-state index contributed by atoms with van der Waals surface area (Å²) in [6, 6.07) is 26.4. The Bertz CT molecular complexity index is 1430.